The van der Waals surface area contributed by atoms with Gasteiger partial charge in [-0.2, -0.15) is 0 Å². The first-order chi connectivity index (χ1) is 8.34. The minimum atomic E-state index is -0.773. The predicted octanol–water partition coefficient (Wildman–Crippen LogP) is -0.748. The lowest BCUT2D eigenvalue weighted by atomic mass is 10.2. The molecule has 0 radical (unpaired) electrons. The summed E-state index contributed by atoms with van der Waals surface area (Å²) in [6.45, 7) is 3.91. The molecule has 7 nitrogen and oxygen atoms in total. The first kappa shape index (κ1) is 14.6. The van der Waals surface area contributed by atoms with E-state index < -0.39 is 17.8 Å². The number of hydrogen-bond donors (Lipinski definition) is 2. The van der Waals surface area contributed by atoms with Crippen LogP contribution in [0.15, 0.2) is 0 Å². The summed E-state index contributed by atoms with van der Waals surface area (Å²) >= 11 is 0. The third-order valence-corrected chi connectivity index (χ3v) is 2.75. The van der Waals surface area contributed by atoms with Gasteiger partial charge in [-0.3, -0.25) is 19.4 Å². The normalized spacial score (nSPS) is 19.7. The second kappa shape index (κ2) is 5.92. The summed E-state index contributed by atoms with van der Waals surface area (Å²) in [4.78, 5) is 37.0. The number of carbonyl (C=O) groups is 3. The fraction of sp³-hybridized carbons (Fsp3) is 0.727. The smallest absolute Gasteiger partial charge is 0.328 e. The number of imide groups is 2. The van der Waals surface area contributed by atoms with E-state index in [9.17, 15) is 14.4 Å². The van der Waals surface area contributed by atoms with Crippen LogP contribution in [0.5, 0.6) is 0 Å². The van der Waals surface area contributed by atoms with Gasteiger partial charge in [0.05, 0.1) is 0 Å². The summed E-state index contributed by atoms with van der Waals surface area (Å²) in [5.41, 5.74) is 11.1. The predicted molar refractivity (Wildman–Crippen MR) is 65.4 cm³/mol. The van der Waals surface area contributed by atoms with Crippen LogP contribution in [0.2, 0.25) is 0 Å². The molecule has 102 valence electrons. The number of carbonyl (C=O) groups excluding carboxylic acids is 3. The Morgan fingerprint density at radius 3 is 1.50 bits per heavy atom. The molecular formula is C11H20N4O3. The highest BCUT2D eigenvalue weighted by atomic mass is 16.2. The van der Waals surface area contributed by atoms with E-state index in [4.69, 9.17) is 11.5 Å². The third kappa shape index (κ3) is 3.27. The van der Waals surface area contributed by atoms with E-state index in [1.807, 2.05) is 0 Å². The Balaban J connectivity index is 2.65. The number of urea groups is 1. The van der Waals surface area contributed by atoms with Crippen molar-refractivity contribution in [3.8, 4) is 0 Å². The van der Waals surface area contributed by atoms with Gasteiger partial charge in [-0.1, -0.05) is 0 Å². The Hall–Kier alpha value is -1.47. The average Bonchev–Trinajstić information content (AvgIpc) is 2.46. The molecule has 2 unspecified atom stereocenters. The molecule has 18 heavy (non-hydrogen) atoms. The zero-order valence-electron chi connectivity index (χ0n) is 10.8. The summed E-state index contributed by atoms with van der Waals surface area (Å²) in [7, 11) is 0. The topological polar surface area (TPSA) is 110 Å². The fourth-order valence-corrected chi connectivity index (χ4v) is 1.61. The molecular weight excluding hydrogens is 236 g/mol. The molecule has 1 aliphatic rings. The maximum atomic E-state index is 11.9. The van der Waals surface area contributed by atoms with Crippen LogP contribution < -0.4 is 11.5 Å². The molecule has 0 aromatic carbocycles. The third-order valence-electron chi connectivity index (χ3n) is 2.75. The highest BCUT2D eigenvalue weighted by molar-refractivity contribution is 6.44. The van der Waals surface area contributed by atoms with Crippen LogP contribution in [0.4, 0.5) is 4.79 Å². The Labute approximate surface area is 106 Å². The highest BCUT2D eigenvalue weighted by Gasteiger charge is 2.43. The van der Waals surface area contributed by atoms with Crippen LogP contribution in [0, 0.1) is 0 Å². The summed E-state index contributed by atoms with van der Waals surface area (Å²) in [5, 5.41) is 0. The Kier molecular flexibility index (Phi) is 4.80. The van der Waals surface area contributed by atoms with Crippen LogP contribution in [0.3, 0.4) is 0 Å². The maximum absolute atomic E-state index is 11.9. The molecule has 1 fully saturated rings. The highest BCUT2D eigenvalue weighted by Crippen LogP contribution is 2.13. The van der Waals surface area contributed by atoms with Crippen molar-refractivity contribution < 1.29 is 14.4 Å². The number of rotatable bonds is 6. The summed E-state index contributed by atoms with van der Waals surface area (Å²) in [6, 6.07) is -0.816. The van der Waals surface area contributed by atoms with Gasteiger partial charge in [0, 0.05) is 25.2 Å². The van der Waals surface area contributed by atoms with E-state index >= 15 is 0 Å². The number of nitrogens with zero attached hydrogens (tertiary/aromatic N) is 2. The van der Waals surface area contributed by atoms with Gasteiger partial charge in [-0.15, -0.1) is 0 Å². The fourth-order valence-electron chi connectivity index (χ4n) is 1.61. The van der Waals surface area contributed by atoms with Crippen molar-refractivity contribution in [1.82, 2.24) is 9.80 Å². The first-order valence-electron chi connectivity index (χ1n) is 6.03. The Bertz CT molecular complexity index is 322. The van der Waals surface area contributed by atoms with Gasteiger partial charge in [0.1, 0.15) is 0 Å². The molecule has 0 spiro atoms. The van der Waals surface area contributed by atoms with Gasteiger partial charge < -0.3 is 11.5 Å². The SMILES string of the molecule is CC(N)CCN1C(=O)C(=O)N(CCC(C)N)C1=O. The van der Waals surface area contributed by atoms with E-state index in [1.54, 1.807) is 13.8 Å². The van der Waals surface area contributed by atoms with Crippen LogP contribution >= 0.6 is 0 Å². The second-order valence-corrected chi connectivity index (χ2v) is 4.73. The molecule has 0 aromatic heterocycles. The van der Waals surface area contributed by atoms with E-state index in [0.717, 1.165) is 9.80 Å². The zero-order valence-corrected chi connectivity index (χ0v) is 10.8. The Morgan fingerprint density at radius 1 is 0.889 bits per heavy atom. The molecule has 1 saturated heterocycles. The van der Waals surface area contributed by atoms with Gasteiger partial charge in [0.25, 0.3) is 0 Å². The van der Waals surface area contributed by atoms with Gasteiger partial charge in [0.2, 0.25) is 0 Å². The largest absolute Gasteiger partial charge is 0.334 e. The van der Waals surface area contributed by atoms with Crippen molar-refractivity contribution in [3.63, 3.8) is 0 Å². The quantitative estimate of drug-likeness (QED) is 0.480. The van der Waals surface area contributed by atoms with E-state index in [2.05, 4.69) is 0 Å². The van der Waals surface area contributed by atoms with Crippen LogP contribution in [-0.2, 0) is 9.59 Å². The summed E-state index contributed by atoms with van der Waals surface area (Å²) in [5.74, 6) is -1.55. The maximum Gasteiger partial charge on any atom is 0.334 e. The lowest BCUT2D eigenvalue weighted by Gasteiger charge is -2.16. The minimum absolute atomic E-state index is 0.126. The van der Waals surface area contributed by atoms with E-state index in [-0.39, 0.29) is 25.2 Å². The zero-order chi connectivity index (χ0) is 13.9. The second-order valence-electron chi connectivity index (χ2n) is 4.73. The molecule has 0 bridgehead atoms. The number of amides is 4. The summed E-state index contributed by atoms with van der Waals surface area (Å²) < 4.78 is 0. The molecule has 4 amide bonds. The van der Waals surface area contributed by atoms with Crippen LogP contribution in [0.25, 0.3) is 0 Å². The van der Waals surface area contributed by atoms with Crippen LogP contribution in [-0.4, -0.2) is 52.8 Å². The number of nitrogens with two attached hydrogens (primary N) is 2. The van der Waals surface area contributed by atoms with Gasteiger partial charge >= 0.3 is 17.8 Å². The van der Waals surface area contributed by atoms with E-state index in [0.29, 0.717) is 12.8 Å². The van der Waals surface area contributed by atoms with Crippen molar-refractivity contribution >= 4 is 17.8 Å². The standard InChI is InChI=1S/C11H20N4O3/c1-7(12)3-5-14-9(16)10(17)15(11(14)18)6-4-8(2)13/h7-8H,3-6,12-13H2,1-2H3. The van der Waals surface area contributed by atoms with Crippen molar-refractivity contribution in [2.45, 2.75) is 38.8 Å². The lowest BCUT2D eigenvalue weighted by Crippen LogP contribution is -2.37. The van der Waals surface area contributed by atoms with Crippen molar-refractivity contribution in [2.24, 2.45) is 11.5 Å². The first-order valence-corrected chi connectivity index (χ1v) is 6.03. The van der Waals surface area contributed by atoms with Crippen molar-refractivity contribution in [2.75, 3.05) is 13.1 Å². The molecule has 4 N–H and O–H groups in total. The Morgan fingerprint density at radius 2 is 1.22 bits per heavy atom. The van der Waals surface area contributed by atoms with Crippen molar-refractivity contribution in [1.29, 1.82) is 0 Å². The molecule has 0 saturated carbocycles. The molecule has 0 aliphatic carbocycles. The molecule has 2 atom stereocenters. The monoisotopic (exact) mass is 256 g/mol. The van der Waals surface area contributed by atoms with Gasteiger partial charge in [-0.05, 0) is 26.7 Å². The van der Waals surface area contributed by atoms with E-state index in [1.165, 1.54) is 0 Å². The molecule has 1 rings (SSSR count). The summed E-state index contributed by atoms with van der Waals surface area (Å²) in [6.07, 6.45) is 0.956. The molecule has 1 heterocycles. The van der Waals surface area contributed by atoms with Gasteiger partial charge in [0.15, 0.2) is 0 Å². The molecule has 7 heteroatoms. The lowest BCUT2D eigenvalue weighted by molar-refractivity contribution is -0.143. The minimum Gasteiger partial charge on any atom is -0.328 e. The molecule has 1 aliphatic heterocycles. The average molecular weight is 256 g/mol. The molecule has 0 aromatic rings. The van der Waals surface area contributed by atoms with Crippen LogP contribution in [0.1, 0.15) is 26.7 Å². The van der Waals surface area contributed by atoms with Crippen molar-refractivity contribution in [3.05, 3.63) is 0 Å². The van der Waals surface area contributed by atoms with Gasteiger partial charge in [-0.25, -0.2) is 4.79 Å². The number of hydrogen-bond acceptors (Lipinski definition) is 5.